The second-order valence-corrected chi connectivity index (χ2v) is 5.80. The molecule has 0 unspecified atom stereocenters. The van der Waals surface area contributed by atoms with Crippen LogP contribution in [0.4, 0.5) is 5.69 Å². The van der Waals surface area contributed by atoms with E-state index in [1.807, 2.05) is 6.07 Å². The maximum atomic E-state index is 12.0. The summed E-state index contributed by atoms with van der Waals surface area (Å²) in [6.07, 6.45) is 3.65. The van der Waals surface area contributed by atoms with Crippen LogP contribution in [0.2, 0.25) is 15.1 Å². The van der Waals surface area contributed by atoms with Gasteiger partial charge in [0.1, 0.15) is 5.02 Å². The zero-order valence-corrected chi connectivity index (χ0v) is 12.5. The van der Waals surface area contributed by atoms with Gasteiger partial charge in [-0.15, -0.1) is 0 Å². The van der Waals surface area contributed by atoms with E-state index in [4.69, 9.17) is 34.8 Å². The van der Waals surface area contributed by atoms with Crippen LogP contribution in [-0.4, -0.2) is 15.8 Å². The first-order chi connectivity index (χ1) is 9.56. The molecule has 1 N–H and O–H groups in total. The Morgan fingerprint density at radius 1 is 1.20 bits per heavy atom. The summed E-state index contributed by atoms with van der Waals surface area (Å²) in [5.41, 5.74) is 0.920. The molecule has 20 heavy (non-hydrogen) atoms. The van der Waals surface area contributed by atoms with Crippen LogP contribution >= 0.6 is 34.8 Å². The first-order valence-electron chi connectivity index (χ1n) is 6.06. The van der Waals surface area contributed by atoms with E-state index in [0.717, 1.165) is 18.5 Å². The largest absolute Gasteiger partial charge is 0.381 e. The summed E-state index contributed by atoms with van der Waals surface area (Å²) in [6, 6.07) is 5.76. The highest BCUT2D eigenvalue weighted by Gasteiger charge is 2.21. The molecule has 1 aromatic carbocycles. The summed E-state index contributed by atoms with van der Waals surface area (Å²) in [7, 11) is 0. The first kappa shape index (κ1) is 13.7. The van der Waals surface area contributed by atoms with Gasteiger partial charge in [-0.3, -0.25) is 4.79 Å². The summed E-state index contributed by atoms with van der Waals surface area (Å²) in [6.45, 7) is 0. The highest BCUT2D eigenvalue weighted by atomic mass is 35.5. The average molecular weight is 331 g/mol. The van der Waals surface area contributed by atoms with Gasteiger partial charge in [-0.25, -0.2) is 0 Å². The second-order valence-electron chi connectivity index (χ2n) is 4.61. The number of benzene rings is 1. The van der Waals surface area contributed by atoms with Gasteiger partial charge in [-0.2, -0.15) is 9.78 Å². The Balaban J connectivity index is 2.00. The number of hydrogen-bond donors (Lipinski definition) is 1. The Morgan fingerprint density at radius 3 is 2.60 bits per heavy atom. The van der Waals surface area contributed by atoms with E-state index in [1.54, 1.807) is 12.1 Å². The fourth-order valence-corrected chi connectivity index (χ4v) is 2.28. The molecule has 0 spiro atoms. The third kappa shape index (κ3) is 2.64. The molecule has 0 atom stereocenters. The van der Waals surface area contributed by atoms with E-state index < -0.39 is 5.56 Å². The normalized spacial score (nSPS) is 14.3. The maximum Gasteiger partial charge on any atom is 0.291 e. The van der Waals surface area contributed by atoms with E-state index >= 15 is 0 Å². The lowest BCUT2D eigenvalue weighted by atomic mass is 10.2. The molecule has 1 aromatic heterocycles. The summed E-state index contributed by atoms with van der Waals surface area (Å²) >= 11 is 17.8. The van der Waals surface area contributed by atoms with Crippen molar-refractivity contribution < 1.29 is 0 Å². The quantitative estimate of drug-likeness (QED) is 0.932. The van der Waals surface area contributed by atoms with Crippen LogP contribution in [0.25, 0.3) is 5.69 Å². The maximum absolute atomic E-state index is 12.0. The molecule has 0 aliphatic heterocycles. The molecule has 104 valence electrons. The Kier molecular flexibility index (Phi) is 3.63. The van der Waals surface area contributed by atoms with E-state index in [-0.39, 0.29) is 10.0 Å². The van der Waals surface area contributed by atoms with Crippen molar-refractivity contribution in [3.05, 3.63) is 49.8 Å². The number of rotatable bonds is 3. The fraction of sp³-hybridized carbons (Fsp3) is 0.231. The third-order valence-corrected chi connectivity index (χ3v) is 4.07. The molecular weight excluding hydrogens is 321 g/mol. The molecule has 1 aliphatic rings. The van der Waals surface area contributed by atoms with Gasteiger partial charge >= 0.3 is 0 Å². The molecule has 1 fully saturated rings. The summed E-state index contributed by atoms with van der Waals surface area (Å²) in [4.78, 5) is 12.0. The van der Waals surface area contributed by atoms with E-state index in [0.29, 0.717) is 16.8 Å². The molecule has 3 rings (SSSR count). The lowest BCUT2D eigenvalue weighted by Crippen LogP contribution is -2.21. The van der Waals surface area contributed by atoms with Crippen LogP contribution in [0.1, 0.15) is 12.8 Å². The van der Waals surface area contributed by atoms with Gasteiger partial charge in [0.2, 0.25) is 0 Å². The van der Waals surface area contributed by atoms with Crippen molar-refractivity contribution >= 4 is 40.5 Å². The molecule has 1 aliphatic carbocycles. The summed E-state index contributed by atoms with van der Waals surface area (Å²) < 4.78 is 1.17. The Morgan fingerprint density at radius 2 is 1.95 bits per heavy atom. The average Bonchev–Trinajstić information content (AvgIpc) is 3.23. The van der Waals surface area contributed by atoms with Crippen molar-refractivity contribution in [3.8, 4) is 5.69 Å². The Hall–Kier alpha value is -1.23. The standard InChI is InChI=1S/C13H10Cl3N3O/c14-9-5-8(3-4-11(9)18-7-1-2-7)19-13(20)12(16)10(15)6-17-19/h3-7,18H,1-2H2. The number of hydrogen-bond acceptors (Lipinski definition) is 3. The predicted molar refractivity (Wildman–Crippen MR) is 81.5 cm³/mol. The molecule has 1 heterocycles. The second kappa shape index (κ2) is 5.28. The predicted octanol–water partition coefficient (Wildman–Crippen LogP) is 3.77. The number of anilines is 1. The molecule has 0 bridgehead atoms. The molecule has 2 aromatic rings. The molecule has 7 heteroatoms. The molecule has 4 nitrogen and oxygen atoms in total. The van der Waals surface area contributed by atoms with Crippen molar-refractivity contribution in [1.82, 2.24) is 9.78 Å². The highest BCUT2D eigenvalue weighted by molar-refractivity contribution is 6.41. The lowest BCUT2D eigenvalue weighted by molar-refractivity contribution is 0.807. The Labute approximate surface area is 130 Å². The third-order valence-electron chi connectivity index (χ3n) is 3.01. The zero-order chi connectivity index (χ0) is 14.3. The molecular formula is C13H10Cl3N3O. The number of halogens is 3. The van der Waals surface area contributed by atoms with E-state index in [9.17, 15) is 4.79 Å². The van der Waals surface area contributed by atoms with Gasteiger partial charge in [-0.05, 0) is 31.0 Å². The van der Waals surface area contributed by atoms with Gasteiger partial charge in [0.25, 0.3) is 5.56 Å². The van der Waals surface area contributed by atoms with Crippen LogP contribution in [0, 0.1) is 0 Å². The smallest absolute Gasteiger partial charge is 0.291 e. The number of aromatic nitrogens is 2. The van der Waals surface area contributed by atoms with Gasteiger partial charge in [-0.1, -0.05) is 34.8 Å². The first-order valence-corrected chi connectivity index (χ1v) is 7.19. The monoisotopic (exact) mass is 329 g/mol. The minimum atomic E-state index is -0.474. The van der Waals surface area contributed by atoms with E-state index in [2.05, 4.69) is 10.4 Å². The summed E-state index contributed by atoms with van der Waals surface area (Å²) in [5, 5.41) is 7.88. The topological polar surface area (TPSA) is 46.9 Å². The van der Waals surface area contributed by atoms with Gasteiger partial charge in [0.05, 0.1) is 27.6 Å². The van der Waals surface area contributed by atoms with Gasteiger partial charge < -0.3 is 5.32 Å². The molecule has 1 saturated carbocycles. The van der Waals surface area contributed by atoms with Crippen molar-refractivity contribution in [2.24, 2.45) is 0 Å². The number of nitrogens with one attached hydrogen (secondary N) is 1. The van der Waals surface area contributed by atoms with Gasteiger partial charge in [0, 0.05) is 6.04 Å². The van der Waals surface area contributed by atoms with Crippen molar-refractivity contribution in [3.63, 3.8) is 0 Å². The van der Waals surface area contributed by atoms with Crippen LogP contribution in [0.15, 0.2) is 29.2 Å². The molecule has 0 radical (unpaired) electrons. The van der Waals surface area contributed by atoms with Crippen molar-refractivity contribution in [2.75, 3.05) is 5.32 Å². The number of nitrogens with zero attached hydrogens (tertiary/aromatic N) is 2. The molecule has 0 amide bonds. The minimum Gasteiger partial charge on any atom is -0.381 e. The van der Waals surface area contributed by atoms with Crippen LogP contribution < -0.4 is 10.9 Å². The van der Waals surface area contributed by atoms with Crippen LogP contribution in [0.5, 0.6) is 0 Å². The van der Waals surface area contributed by atoms with Crippen molar-refractivity contribution in [1.29, 1.82) is 0 Å². The van der Waals surface area contributed by atoms with Gasteiger partial charge in [0.15, 0.2) is 0 Å². The highest BCUT2D eigenvalue weighted by Crippen LogP contribution is 2.30. The Bertz CT molecular complexity index is 725. The molecule has 0 saturated heterocycles. The van der Waals surface area contributed by atoms with E-state index in [1.165, 1.54) is 10.9 Å². The summed E-state index contributed by atoms with van der Waals surface area (Å²) in [5.74, 6) is 0. The fourth-order valence-electron chi connectivity index (χ4n) is 1.80. The van der Waals surface area contributed by atoms with Crippen LogP contribution in [-0.2, 0) is 0 Å². The van der Waals surface area contributed by atoms with Crippen LogP contribution in [0.3, 0.4) is 0 Å². The zero-order valence-electron chi connectivity index (χ0n) is 10.2. The van der Waals surface area contributed by atoms with Crippen molar-refractivity contribution in [2.45, 2.75) is 18.9 Å². The lowest BCUT2D eigenvalue weighted by Gasteiger charge is -2.10. The minimum absolute atomic E-state index is 0.0574. The SMILES string of the molecule is O=c1c(Cl)c(Cl)cnn1-c1ccc(NC2CC2)c(Cl)c1.